The lowest BCUT2D eigenvalue weighted by Crippen LogP contribution is -2.52. The molecular weight excluding hydrogens is 803 g/mol. The van der Waals surface area contributed by atoms with E-state index in [0.717, 1.165) is 42.5 Å². The first-order valence-corrected chi connectivity index (χ1v) is 19.6. The molecular formula is C42H52F3N7O9. The van der Waals surface area contributed by atoms with Gasteiger partial charge in [-0.15, -0.1) is 0 Å². The second kappa shape index (κ2) is 21.3. The fourth-order valence-corrected chi connectivity index (χ4v) is 6.52. The Bertz CT molecular complexity index is 2110. The monoisotopic (exact) mass is 855 g/mol. The van der Waals surface area contributed by atoms with Gasteiger partial charge in [-0.1, -0.05) is 29.4 Å². The van der Waals surface area contributed by atoms with Crippen LogP contribution in [0, 0.1) is 11.8 Å². The highest BCUT2D eigenvalue weighted by Gasteiger charge is 2.38. The number of hydrogen-bond acceptors (Lipinski definition) is 11. The predicted molar refractivity (Wildman–Crippen MR) is 218 cm³/mol. The number of rotatable bonds is 15. The van der Waals surface area contributed by atoms with Gasteiger partial charge in [-0.05, 0) is 114 Å². The van der Waals surface area contributed by atoms with Crippen LogP contribution in [0.2, 0.25) is 0 Å². The molecule has 4 aromatic rings. The van der Waals surface area contributed by atoms with Gasteiger partial charge in [0.25, 0.3) is 0 Å². The third-order valence-electron chi connectivity index (χ3n) is 9.56. The number of nitrogens with zero attached hydrogens (tertiary/aromatic N) is 4. The molecule has 1 fully saturated rings. The van der Waals surface area contributed by atoms with E-state index in [9.17, 15) is 32.3 Å². The maximum Gasteiger partial charge on any atom is 0.490 e. The summed E-state index contributed by atoms with van der Waals surface area (Å²) in [5.74, 6) is -3.64. The van der Waals surface area contributed by atoms with Crippen LogP contribution >= 0.6 is 0 Å². The molecule has 5 N–H and O–H groups in total. The normalized spacial score (nSPS) is 15.8. The number of aromatic amines is 1. The zero-order valence-corrected chi connectivity index (χ0v) is 34.7. The third-order valence-corrected chi connectivity index (χ3v) is 9.56. The second-order valence-electron chi connectivity index (χ2n) is 15.8. The van der Waals surface area contributed by atoms with E-state index in [1.54, 1.807) is 30.5 Å². The number of ether oxygens (including phenoxy) is 2. The average Bonchev–Trinajstić information content (AvgIpc) is 3.64. The van der Waals surface area contributed by atoms with E-state index in [2.05, 4.69) is 29.9 Å². The maximum absolute atomic E-state index is 14.4. The van der Waals surface area contributed by atoms with Crippen molar-refractivity contribution in [1.82, 2.24) is 25.3 Å². The average molecular weight is 856 g/mol. The Morgan fingerprint density at radius 3 is 2.07 bits per heavy atom. The topological polar surface area (TPSA) is 223 Å². The van der Waals surface area contributed by atoms with E-state index in [1.165, 1.54) is 4.90 Å². The van der Waals surface area contributed by atoms with Crippen molar-refractivity contribution in [3.05, 3.63) is 83.0 Å². The van der Waals surface area contributed by atoms with Gasteiger partial charge in [-0.3, -0.25) is 24.0 Å². The fourth-order valence-electron chi connectivity index (χ4n) is 6.52. The molecule has 3 amide bonds. The van der Waals surface area contributed by atoms with Crippen LogP contribution < -0.4 is 26.4 Å². The number of benzene rings is 2. The molecule has 2 aromatic heterocycles. The Kier molecular flexibility index (Phi) is 16.6. The second-order valence-corrected chi connectivity index (χ2v) is 15.8. The van der Waals surface area contributed by atoms with Gasteiger partial charge < -0.3 is 30.5 Å². The molecule has 2 heterocycles. The number of carboxylic acids is 1. The molecule has 1 atom stereocenters. The number of carboxylic acid groups (broad SMARTS) is 1. The molecule has 0 spiro atoms. The SMILES string of the molecule is CN(C)CCCOc1ccc(-c2ccc(C[C@@H](C(N)=O)N(C(=O)C3CCC(CNC(=O)OC(C)(C)C)CC3)c3ccc(-c4noc(=O)[nH]4)cc3)cc2)cn1.O=C(O)C(F)(F)F. The molecule has 1 saturated carbocycles. The van der Waals surface area contributed by atoms with Gasteiger partial charge in [-0.25, -0.2) is 19.4 Å². The summed E-state index contributed by atoms with van der Waals surface area (Å²) in [7, 11) is 4.05. The molecule has 16 nitrogen and oxygen atoms in total. The van der Waals surface area contributed by atoms with Crippen molar-refractivity contribution in [3.63, 3.8) is 0 Å². The first-order chi connectivity index (χ1) is 28.7. The van der Waals surface area contributed by atoms with E-state index in [0.29, 0.717) is 43.1 Å². The molecule has 61 heavy (non-hydrogen) atoms. The van der Waals surface area contributed by atoms with Crippen LogP contribution in [0.15, 0.2) is 76.2 Å². The number of alkyl halides is 3. The van der Waals surface area contributed by atoms with Crippen molar-refractivity contribution < 1.29 is 51.5 Å². The van der Waals surface area contributed by atoms with E-state index in [4.69, 9.17) is 25.1 Å². The standard InChI is InChI=1S/C40H51N7O7.C2HF3O2/c1-40(2,3)53-38(50)43-24-27-9-13-30(14-10-27)37(49)47(32-18-15-29(16-19-32)36-44-39(51)54-45-36)33(35(41)48)23-26-7-11-28(12-8-26)31-17-20-34(42-25-31)52-22-6-21-46(4)5;3-2(4,5)1(6)7/h7-8,11-12,15-20,25,27,30,33H,6,9-10,13-14,21-24H2,1-5H3,(H2,41,48)(H,43,50)(H,44,45,51);(H,6,7)/t27?,30?,33-;/m0./s1. The molecule has 1 aliphatic carbocycles. The predicted octanol–water partition coefficient (Wildman–Crippen LogP) is 5.82. The summed E-state index contributed by atoms with van der Waals surface area (Å²) in [5, 5.41) is 13.7. The summed E-state index contributed by atoms with van der Waals surface area (Å²) < 4.78 is 47.5. The summed E-state index contributed by atoms with van der Waals surface area (Å²) in [6.07, 6.45) is -0.0758. The number of aliphatic carboxylic acids is 1. The van der Waals surface area contributed by atoms with Gasteiger partial charge >= 0.3 is 24.0 Å². The van der Waals surface area contributed by atoms with Gasteiger partial charge in [0.1, 0.15) is 11.6 Å². The minimum Gasteiger partial charge on any atom is -0.478 e. The van der Waals surface area contributed by atoms with Gasteiger partial charge in [-0.2, -0.15) is 13.2 Å². The smallest absolute Gasteiger partial charge is 0.478 e. The van der Waals surface area contributed by atoms with Crippen molar-refractivity contribution in [2.75, 3.05) is 38.7 Å². The molecule has 5 rings (SSSR count). The van der Waals surface area contributed by atoms with Crippen LogP contribution in [-0.2, 0) is 25.5 Å². The summed E-state index contributed by atoms with van der Waals surface area (Å²) in [6, 6.07) is 17.4. The van der Waals surface area contributed by atoms with Crippen molar-refractivity contribution >= 4 is 29.6 Å². The van der Waals surface area contributed by atoms with Crippen LogP contribution in [0.5, 0.6) is 5.88 Å². The molecule has 2 aromatic carbocycles. The molecule has 330 valence electrons. The van der Waals surface area contributed by atoms with Gasteiger partial charge in [0, 0.05) is 54.5 Å². The summed E-state index contributed by atoms with van der Waals surface area (Å²) in [5.41, 5.74) is 9.21. The number of aromatic nitrogens is 3. The van der Waals surface area contributed by atoms with Crippen molar-refractivity contribution in [2.45, 2.75) is 77.1 Å². The number of halogens is 3. The molecule has 0 aliphatic heterocycles. The molecule has 0 unspecified atom stereocenters. The quantitative estimate of drug-likeness (QED) is 0.104. The lowest BCUT2D eigenvalue weighted by molar-refractivity contribution is -0.192. The van der Waals surface area contributed by atoms with E-state index >= 15 is 0 Å². The summed E-state index contributed by atoms with van der Waals surface area (Å²) >= 11 is 0. The Morgan fingerprint density at radius 2 is 1.56 bits per heavy atom. The van der Waals surface area contributed by atoms with Crippen LogP contribution in [-0.4, -0.2) is 101 Å². The van der Waals surface area contributed by atoms with Gasteiger partial charge in [0.2, 0.25) is 17.7 Å². The first-order valence-electron chi connectivity index (χ1n) is 19.6. The van der Waals surface area contributed by atoms with Crippen molar-refractivity contribution in [3.8, 4) is 28.4 Å². The van der Waals surface area contributed by atoms with Gasteiger partial charge in [0.05, 0.1) is 6.61 Å². The summed E-state index contributed by atoms with van der Waals surface area (Å²) in [4.78, 5) is 70.9. The lowest BCUT2D eigenvalue weighted by Gasteiger charge is -2.36. The summed E-state index contributed by atoms with van der Waals surface area (Å²) in [6.45, 7) is 7.42. The van der Waals surface area contributed by atoms with Crippen LogP contribution in [0.4, 0.5) is 23.7 Å². The number of pyridine rings is 1. The number of nitrogens with two attached hydrogens (primary N) is 1. The van der Waals surface area contributed by atoms with Crippen molar-refractivity contribution in [2.24, 2.45) is 17.6 Å². The van der Waals surface area contributed by atoms with Crippen LogP contribution in [0.25, 0.3) is 22.5 Å². The zero-order chi connectivity index (χ0) is 44.9. The maximum atomic E-state index is 14.4. The van der Waals surface area contributed by atoms with Crippen molar-refractivity contribution in [1.29, 1.82) is 0 Å². The first kappa shape index (κ1) is 47.4. The Hall–Kier alpha value is -6.24. The van der Waals surface area contributed by atoms with E-state index in [1.807, 2.05) is 71.3 Å². The highest BCUT2D eigenvalue weighted by atomic mass is 19.4. The molecule has 0 saturated heterocycles. The number of alkyl carbamates (subject to hydrolysis) is 1. The van der Waals surface area contributed by atoms with E-state index in [-0.39, 0.29) is 30.0 Å². The number of H-pyrrole nitrogens is 1. The minimum absolute atomic E-state index is 0.187. The molecule has 0 radical (unpaired) electrons. The van der Waals surface area contributed by atoms with Gasteiger partial charge in [0.15, 0.2) is 5.82 Å². The molecule has 19 heteroatoms. The highest BCUT2D eigenvalue weighted by Crippen LogP contribution is 2.33. The zero-order valence-electron chi connectivity index (χ0n) is 34.7. The fraction of sp³-hybridized carbons (Fsp3) is 0.452. The number of primary amides is 1. The molecule has 1 aliphatic rings. The number of carbonyl (C=O) groups excluding carboxylic acids is 3. The number of carbonyl (C=O) groups is 4. The molecule has 0 bridgehead atoms. The number of nitrogens with one attached hydrogen (secondary N) is 2. The van der Waals surface area contributed by atoms with Crippen LogP contribution in [0.1, 0.15) is 58.4 Å². The number of hydrogen-bond donors (Lipinski definition) is 4. The third kappa shape index (κ3) is 15.1. The highest BCUT2D eigenvalue weighted by molar-refractivity contribution is 6.01. The minimum atomic E-state index is -5.08. The van der Waals surface area contributed by atoms with E-state index < -0.39 is 41.5 Å². The Balaban J connectivity index is 0.00000107. The van der Waals surface area contributed by atoms with Crippen LogP contribution in [0.3, 0.4) is 0 Å². The number of amides is 3. The Labute approximate surface area is 350 Å². The number of anilines is 1. The largest absolute Gasteiger partial charge is 0.490 e. The Morgan fingerprint density at radius 1 is 0.951 bits per heavy atom. The lowest BCUT2D eigenvalue weighted by atomic mass is 9.81.